The molecule has 0 saturated carbocycles. The van der Waals surface area contributed by atoms with Crippen molar-refractivity contribution < 1.29 is 14.9 Å². The Morgan fingerprint density at radius 3 is 2.50 bits per heavy atom. The van der Waals surface area contributed by atoms with Gasteiger partial charge in [0.2, 0.25) is 0 Å². The summed E-state index contributed by atoms with van der Waals surface area (Å²) in [6.45, 7) is 3.02. The lowest BCUT2D eigenvalue weighted by molar-refractivity contribution is -0.0661. The van der Waals surface area contributed by atoms with E-state index in [9.17, 15) is 15.0 Å². The summed E-state index contributed by atoms with van der Waals surface area (Å²) in [5.74, 6) is 0.550. The summed E-state index contributed by atoms with van der Waals surface area (Å²) in [7, 11) is 0. The van der Waals surface area contributed by atoms with Crippen LogP contribution in [0, 0.1) is 0 Å². The lowest BCUT2D eigenvalue weighted by atomic mass is 10.0. The summed E-state index contributed by atoms with van der Waals surface area (Å²) in [5.41, 5.74) is 2.23. The predicted molar refractivity (Wildman–Crippen MR) is 115 cm³/mol. The molecule has 4 aromatic rings. The molecular formula is C23H23N3O4. The number of hydrogen-bond donors (Lipinski definition) is 3. The van der Waals surface area contributed by atoms with E-state index in [1.165, 1.54) is 20.2 Å². The number of aromatic amines is 1. The van der Waals surface area contributed by atoms with Crippen molar-refractivity contribution in [3.05, 3.63) is 77.5 Å². The molecule has 0 radical (unpaired) electrons. The minimum Gasteiger partial charge on any atom is -0.491 e. The average Bonchev–Trinajstić information content (AvgIpc) is 3.13. The van der Waals surface area contributed by atoms with E-state index in [0.717, 1.165) is 16.8 Å². The van der Waals surface area contributed by atoms with Gasteiger partial charge in [-0.3, -0.25) is 4.79 Å². The minimum atomic E-state index is -1.24. The smallest absolute Gasteiger partial charge is 0.275 e. The van der Waals surface area contributed by atoms with E-state index in [4.69, 9.17) is 4.74 Å². The van der Waals surface area contributed by atoms with E-state index in [1.54, 1.807) is 16.7 Å². The molecule has 0 spiro atoms. The Bertz CT molecular complexity index is 1210. The van der Waals surface area contributed by atoms with Crippen LogP contribution in [0.1, 0.15) is 13.8 Å². The van der Waals surface area contributed by atoms with Crippen molar-refractivity contribution in [1.82, 2.24) is 14.5 Å². The first-order valence-electron chi connectivity index (χ1n) is 9.62. The first kappa shape index (κ1) is 19.9. The van der Waals surface area contributed by atoms with E-state index in [2.05, 4.69) is 9.97 Å². The fraction of sp³-hybridized carbons (Fsp3) is 0.217. The maximum atomic E-state index is 12.6. The van der Waals surface area contributed by atoms with Crippen LogP contribution >= 0.6 is 0 Å². The zero-order valence-electron chi connectivity index (χ0n) is 16.7. The standard InChI is InChI=1S/C23H23N3O4/c1-23(2,29)19(27)13-30-17-10-8-16(9-11-17)26-12-18(15-6-4-3-5-7-15)20-21(26)22(28)25-14-24-20/h3-12,14,19,27,29H,13H2,1-2H3,(H,24,25,28). The first-order valence-corrected chi connectivity index (χ1v) is 9.62. The molecule has 30 heavy (non-hydrogen) atoms. The van der Waals surface area contributed by atoms with Gasteiger partial charge in [-0.1, -0.05) is 30.3 Å². The summed E-state index contributed by atoms with van der Waals surface area (Å²) in [5, 5.41) is 19.7. The maximum absolute atomic E-state index is 12.6. The topological polar surface area (TPSA) is 100 Å². The van der Waals surface area contributed by atoms with Crippen LogP contribution in [0.15, 0.2) is 71.9 Å². The van der Waals surface area contributed by atoms with Crippen molar-refractivity contribution in [2.75, 3.05) is 6.61 Å². The second kappa shape index (κ2) is 7.78. The lowest BCUT2D eigenvalue weighted by Gasteiger charge is -2.24. The van der Waals surface area contributed by atoms with E-state index in [1.807, 2.05) is 48.7 Å². The number of aromatic nitrogens is 3. The van der Waals surface area contributed by atoms with Gasteiger partial charge >= 0.3 is 0 Å². The Labute approximate surface area is 173 Å². The molecule has 154 valence electrons. The number of benzene rings is 2. The number of fused-ring (bicyclic) bond motifs is 1. The molecule has 0 aliphatic heterocycles. The molecule has 0 amide bonds. The molecule has 0 aliphatic rings. The number of aliphatic hydroxyl groups is 2. The zero-order valence-corrected chi connectivity index (χ0v) is 16.7. The number of nitrogens with zero attached hydrogens (tertiary/aromatic N) is 2. The molecule has 1 atom stereocenters. The van der Waals surface area contributed by atoms with Gasteiger partial charge in [0.05, 0.1) is 11.9 Å². The minimum absolute atomic E-state index is 0.0307. The van der Waals surface area contributed by atoms with Crippen molar-refractivity contribution in [1.29, 1.82) is 0 Å². The zero-order chi connectivity index (χ0) is 21.3. The third-order valence-electron chi connectivity index (χ3n) is 5.01. The molecule has 7 heteroatoms. The molecular weight excluding hydrogens is 382 g/mol. The Balaban J connectivity index is 1.69. The highest BCUT2D eigenvalue weighted by Gasteiger charge is 2.25. The highest BCUT2D eigenvalue weighted by atomic mass is 16.5. The Morgan fingerprint density at radius 1 is 1.13 bits per heavy atom. The maximum Gasteiger partial charge on any atom is 0.275 e. The SMILES string of the molecule is CC(C)(O)C(O)COc1ccc(-n2cc(-c3ccccc3)c3nc[nH]c(=O)c32)cc1. The predicted octanol–water partition coefficient (Wildman–Crippen LogP) is 2.89. The van der Waals surface area contributed by atoms with Crippen LogP contribution < -0.4 is 10.3 Å². The summed E-state index contributed by atoms with van der Waals surface area (Å²) in [4.78, 5) is 19.6. The van der Waals surface area contributed by atoms with Crippen LogP contribution in [-0.4, -0.2) is 43.1 Å². The van der Waals surface area contributed by atoms with Crippen LogP contribution in [0.2, 0.25) is 0 Å². The van der Waals surface area contributed by atoms with Crippen molar-refractivity contribution in [3.63, 3.8) is 0 Å². The first-order chi connectivity index (χ1) is 14.3. The van der Waals surface area contributed by atoms with Gasteiger partial charge in [-0.15, -0.1) is 0 Å². The van der Waals surface area contributed by atoms with Crippen LogP contribution in [0.3, 0.4) is 0 Å². The highest BCUT2D eigenvalue weighted by molar-refractivity contribution is 5.93. The monoisotopic (exact) mass is 405 g/mol. The van der Waals surface area contributed by atoms with Crippen LogP contribution in [0.25, 0.3) is 27.8 Å². The van der Waals surface area contributed by atoms with Crippen LogP contribution in [-0.2, 0) is 0 Å². The molecule has 2 heterocycles. The van der Waals surface area contributed by atoms with E-state index in [0.29, 0.717) is 16.8 Å². The lowest BCUT2D eigenvalue weighted by Crippen LogP contribution is -2.40. The molecule has 0 saturated heterocycles. The number of nitrogens with one attached hydrogen (secondary N) is 1. The molecule has 4 rings (SSSR count). The quantitative estimate of drug-likeness (QED) is 0.458. The van der Waals surface area contributed by atoms with Gasteiger partial charge in [-0.2, -0.15) is 0 Å². The fourth-order valence-corrected chi connectivity index (χ4v) is 3.18. The van der Waals surface area contributed by atoms with Gasteiger partial charge in [0.15, 0.2) is 0 Å². The van der Waals surface area contributed by atoms with Crippen LogP contribution in [0.4, 0.5) is 0 Å². The van der Waals surface area contributed by atoms with Gasteiger partial charge < -0.3 is 24.5 Å². The number of rotatable bonds is 6. The summed E-state index contributed by atoms with van der Waals surface area (Å²) in [6.07, 6.45) is 2.30. The van der Waals surface area contributed by atoms with E-state index < -0.39 is 11.7 Å². The van der Waals surface area contributed by atoms with Crippen molar-refractivity contribution >= 4 is 11.0 Å². The Hall–Kier alpha value is -3.42. The number of aliphatic hydroxyl groups excluding tert-OH is 1. The van der Waals surface area contributed by atoms with Gasteiger partial charge in [-0.25, -0.2) is 4.98 Å². The van der Waals surface area contributed by atoms with E-state index in [-0.39, 0.29) is 12.2 Å². The Morgan fingerprint density at radius 2 is 1.83 bits per heavy atom. The van der Waals surface area contributed by atoms with Crippen molar-refractivity contribution in [2.24, 2.45) is 0 Å². The molecule has 2 aromatic heterocycles. The summed E-state index contributed by atoms with van der Waals surface area (Å²) in [6, 6.07) is 16.9. The summed E-state index contributed by atoms with van der Waals surface area (Å²) < 4.78 is 7.38. The van der Waals surface area contributed by atoms with Crippen molar-refractivity contribution in [2.45, 2.75) is 25.6 Å². The normalized spacial score (nSPS) is 12.8. The van der Waals surface area contributed by atoms with Gasteiger partial charge in [0, 0.05) is 17.4 Å². The van der Waals surface area contributed by atoms with Crippen LogP contribution in [0.5, 0.6) is 5.75 Å². The molecule has 3 N–H and O–H groups in total. The molecule has 0 aliphatic carbocycles. The third-order valence-corrected chi connectivity index (χ3v) is 5.01. The average molecular weight is 405 g/mol. The second-order valence-electron chi connectivity index (χ2n) is 7.68. The van der Waals surface area contributed by atoms with Crippen molar-refractivity contribution in [3.8, 4) is 22.6 Å². The Kier molecular flexibility index (Phi) is 5.15. The molecule has 7 nitrogen and oxygen atoms in total. The second-order valence-corrected chi connectivity index (χ2v) is 7.68. The van der Waals surface area contributed by atoms with Gasteiger partial charge in [0.1, 0.15) is 29.5 Å². The van der Waals surface area contributed by atoms with E-state index >= 15 is 0 Å². The highest BCUT2D eigenvalue weighted by Crippen LogP contribution is 2.30. The summed E-state index contributed by atoms with van der Waals surface area (Å²) >= 11 is 0. The molecule has 1 unspecified atom stereocenters. The number of hydrogen-bond acceptors (Lipinski definition) is 5. The molecule has 0 fully saturated rings. The van der Waals surface area contributed by atoms with Gasteiger partial charge in [0.25, 0.3) is 5.56 Å². The molecule has 2 aromatic carbocycles. The van der Waals surface area contributed by atoms with Gasteiger partial charge in [-0.05, 0) is 43.7 Å². The number of ether oxygens (including phenoxy) is 1. The third kappa shape index (κ3) is 3.85. The largest absolute Gasteiger partial charge is 0.491 e. The number of H-pyrrole nitrogens is 1. The molecule has 0 bridgehead atoms. The fourth-order valence-electron chi connectivity index (χ4n) is 3.18.